The number of hydrogen-bond donors (Lipinski definition) is 1. The van der Waals surface area contributed by atoms with Crippen molar-refractivity contribution in [3.8, 4) is 0 Å². The molecule has 0 heterocycles. The van der Waals surface area contributed by atoms with Crippen LogP contribution in [0.2, 0.25) is 0 Å². The van der Waals surface area contributed by atoms with Gasteiger partial charge in [-0.05, 0) is 17.5 Å². The van der Waals surface area contributed by atoms with Crippen molar-refractivity contribution in [3.63, 3.8) is 0 Å². The van der Waals surface area contributed by atoms with Crippen molar-refractivity contribution >= 4 is 17.5 Å². The maximum Gasteiger partial charge on any atom is 0.217 e. The summed E-state index contributed by atoms with van der Waals surface area (Å²) in [5.41, 5.74) is 2.40. The van der Waals surface area contributed by atoms with Crippen LogP contribution >= 0.6 is 11.6 Å². The molecule has 74 valence electrons. The first-order valence-corrected chi connectivity index (χ1v) is 5.11. The molecule has 0 unspecified atom stereocenters. The lowest BCUT2D eigenvalue weighted by Gasteiger charge is -2.15. The molecule has 0 spiro atoms. The van der Waals surface area contributed by atoms with Gasteiger partial charge in [0.1, 0.15) is 0 Å². The van der Waals surface area contributed by atoms with Gasteiger partial charge in [-0.2, -0.15) is 0 Å². The number of fused-ring (bicyclic) bond motifs is 1. The molecule has 1 aromatic rings. The average molecular weight is 210 g/mol. The van der Waals surface area contributed by atoms with Gasteiger partial charge in [-0.3, -0.25) is 4.79 Å². The van der Waals surface area contributed by atoms with E-state index < -0.39 is 0 Å². The molecule has 3 heteroatoms. The van der Waals surface area contributed by atoms with Gasteiger partial charge < -0.3 is 5.32 Å². The maximum atomic E-state index is 11.0. The number of benzene rings is 1. The van der Waals surface area contributed by atoms with Crippen LogP contribution in [0, 0.1) is 0 Å². The van der Waals surface area contributed by atoms with Gasteiger partial charge in [0.15, 0.2) is 0 Å². The highest BCUT2D eigenvalue weighted by molar-refractivity contribution is 6.21. The highest BCUT2D eigenvalue weighted by atomic mass is 35.5. The van der Waals surface area contributed by atoms with E-state index in [1.807, 2.05) is 18.2 Å². The van der Waals surface area contributed by atoms with Crippen LogP contribution in [0.1, 0.15) is 24.1 Å². The summed E-state index contributed by atoms with van der Waals surface area (Å²) in [6.45, 7) is 1.52. The predicted octanol–water partition coefficient (Wildman–Crippen LogP) is 2.03. The Hall–Kier alpha value is -1.02. The van der Waals surface area contributed by atoms with E-state index in [1.54, 1.807) is 0 Å². The molecule has 1 aromatic carbocycles. The van der Waals surface area contributed by atoms with E-state index in [2.05, 4.69) is 11.4 Å². The van der Waals surface area contributed by atoms with Crippen LogP contribution in [0.15, 0.2) is 24.3 Å². The molecule has 2 nitrogen and oxygen atoms in total. The zero-order valence-electron chi connectivity index (χ0n) is 7.96. The molecule has 2 rings (SSSR count). The van der Waals surface area contributed by atoms with E-state index in [0.717, 1.165) is 12.0 Å². The van der Waals surface area contributed by atoms with Crippen molar-refractivity contribution in [2.24, 2.45) is 0 Å². The second kappa shape index (κ2) is 3.62. The maximum absolute atomic E-state index is 11.0. The second-order valence-corrected chi connectivity index (χ2v) is 4.16. The summed E-state index contributed by atoms with van der Waals surface area (Å²) in [4.78, 5) is 11.0. The van der Waals surface area contributed by atoms with Crippen molar-refractivity contribution in [2.45, 2.75) is 24.8 Å². The SMILES string of the molecule is CC(=O)N[C@@H]1c2ccccc2C[C@H]1Cl. The fraction of sp³-hybridized carbons (Fsp3) is 0.364. The summed E-state index contributed by atoms with van der Waals surface area (Å²) >= 11 is 6.17. The first-order chi connectivity index (χ1) is 6.68. The number of rotatable bonds is 1. The minimum absolute atomic E-state index is 0.0173. The molecule has 0 saturated carbocycles. The molecular formula is C11H12ClNO. The fourth-order valence-corrected chi connectivity index (χ4v) is 2.30. The minimum atomic E-state index is -0.0302. The van der Waals surface area contributed by atoms with Crippen LogP contribution in [0.4, 0.5) is 0 Å². The molecule has 0 aliphatic heterocycles. The Labute approximate surface area is 88.3 Å². The number of amides is 1. The first-order valence-electron chi connectivity index (χ1n) is 4.67. The second-order valence-electron chi connectivity index (χ2n) is 3.60. The Morgan fingerprint density at radius 1 is 1.50 bits per heavy atom. The molecule has 0 fully saturated rings. The molecule has 0 aromatic heterocycles. The zero-order chi connectivity index (χ0) is 10.1. The Morgan fingerprint density at radius 3 is 2.93 bits per heavy atom. The molecule has 1 N–H and O–H groups in total. The van der Waals surface area contributed by atoms with Crippen molar-refractivity contribution in [3.05, 3.63) is 35.4 Å². The summed E-state index contributed by atoms with van der Waals surface area (Å²) in [6.07, 6.45) is 0.836. The number of nitrogens with one attached hydrogen (secondary N) is 1. The average Bonchev–Trinajstić information content (AvgIpc) is 2.43. The third-order valence-corrected chi connectivity index (χ3v) is 2.93. The van der Waals surface area contributed by atoms with Gasteiger partial charge >= 0.3 is 0 Å². The third kappa shape index (κ3) is 1.62. The molecular weight excluding hydrogens is 198 g/mol. The van der Waals surface area contributed by atoms with Crippen molar-refractivity contribution < 1.29 is 4.79 Å². The normalized spacial score (nSPS) is 24.4. The summed E-state index contributed by atoms with van der Waals surface area (Å²) < 4.78 is 0. The quantitative estimate of drug-likeness (QED) is 0.705. The van der Waals surface area contributed by atoms with Crippen molar-refractivity contribution in [2.75, 3.05) is 0 Å². The molecule has 1 aliphatic rings. The van der Waals surface area contributed by atoms with Gasteiger partial charge in [0.25, 0.3) is 0 Å². The highest BCUT2D eigenvalue weighted by Crippen LogP contribution is 2.34. The van der Waals surface area contributed by atoms with Crippen LogP contribution < -0.4 is 5.32 Å². The van der Waals surface area contributed by atoms with Gasteiger partial charge in [0.2, 0.25) is 5.91 Å². The summed E-state index contributed by atoms with van der Waals surface area (Å²) in [5.74, 6) is -0.0302. The number of halogens is 1. The molecule has 0 saturated heterocycles. The fourth-order valence-electron chi connectivity index (χ4n) is 1.93. The van der Waals surface area contributed by atoms with E-state index in [0.29, 0.717) is 0 Å². The van der Waals surface area contributed by atoms with Crippen molar-refractivity contribution in [1.82, 2.24) is 5.32 Å². The molecule has 0 bridgehead atoms. The first kappa shape index (κ1) is 9.53. The lowest BCUT2D eigenvalue weighted by atomic mass is 10.1. The van der Waals surface area contributed by atoms with E-state index in [9.17, 15) is 4.79 Å². The predicted molar refractivity (Wildman–Crippen MR) is 56.3 cm³/mol. The van der Waals surface area contributed by atoms with E-state index in [1.165, 1.54) is 12.5 Å². The van der Waals surface area contributed by atoms with Crippen LogP contribution in [0.5, 0.6) is 0 Å². The van der Waals surface area contributed by atoms with Crippen molar-refractivity contribution in [1.29, 1.82) is 0 Å². The van der Waals surface area contributed by atoms with Crippen LogP contribution in [-0.4, -0.2) is 11.3 Å². The van der Waals surface area contributed by atoms with Gasteiger partial charge in [-0.25, -0.2) is 0 Å². The van der Waals surface area contributed by atoms with Crippen LogP contribution in [0.3, 0.4) is 0 Å². The number of hydrogen-bond acceptors (Lipinski definition) is 1. The lowest BCUT2D eigenvalue weighted by molar-refractivity contribution is -0.119. The molecule has 1 amide bonds. The molecule has 1 aliphatic carbocycles. The molecule has 0 radical (unpaired) electrons. The zero-order valence-corrected chi connectivity index (χ0v) is 8.71. The standard InChI is InChI=1S/C11H12ClNO/c1-7(14)13-11-9-5-3-2-4-8(9)6-10(11)12/h2-5,10-11H,6H2,1H3,(H,13,14)/t10-,11-/m1/s1. The topological polar surface area (TPSA) is 29.1 Å². The summed E-state index contributed by atoms with van der Waals surface area (Å²) in [6, 6.07) is 8.04. The molecule has 14 heavy (non-hydrogen) atoms. The van der Waals surface area contributed by atoms with Gasteiger partial charge in [-0.15, -0.1) is 11.6 Å². The Bertz CT molecular complexity index is 364. The van der Waals surface area contributed by atoms with Gasteiger partial charge in [0.05, 0.1) is 11.4 Å². The van der Waals surface area contributed by atoms with E-state index in [-0.39, 0.29) is 17.3 Å². The Kier molecular flexibility index (Phi) is 2.46. The third-order valence-electron chi connectivity index (χ3n) is 2.53. The number of alkyl halides is 1. The summed E-state index contributed by atoms with van der Waals surface area (Å²) in [7, 11) is 0. The summed E-state index contributed by atoms with van der Waals surface area (Å²) in [5, 5.41) is 2.86. The van der Waals surface area contributed by atoms with E-state index >= 15 is 0 Å². The minimum Gasteiger partial charge on any atom is -0.348 e. The Balaban J connectivity index is 2.30. The molecule has 2 atom stereocenters. The smallest absolute Gasteiger partial charge is 0.217 e. The highest BCUT2D eigenvalue weighted by Gasteiger charge is 2.30. The number of carbonyl (C=O) groups is 1. The van der Waals surface area contributed by atoms with Gasteiger partial charge in [0, 0.05) is 6.92 Å². The monoisotopic (exact) mass is 209 g/mol. The largest absolute Gasteiger partial charge is 0.348 e. The van der Waals surface area contributed by atoms with E-state index in [4.69, 9.17) is 11.6 Å². The van der Waals surface area contributed by atoms with Crippen LogP contribution in [-0.2, 0) is 11.2 Å². The lowest BCUT2D eigenvalue weighted by Crippen LogP contribution is -2.29. The number of carbonyl (C=O) groups excluding carboxylic acids is 1. The van der Waals surface area contributed by atoms with Crippen LogP contribution in [0.25, 0.3) is 0 Å². The van der Waals surface area contributed by atoms with Gasteiger partial charge in [-0.1, -0.05) is 24.3 Å². The Morgan fingerprint density at radius 2 is 2.21 bits per heavy atom.